The summed E-state index contributed by atoms with van der Waals surface area (Å²) in [6.07, 6.45) is 3.68. The van der Waals surface area contributed by atoms with Crippen molar-refractivity contribution in [3.63, 3.8) is 0 Å². The van der Waals surface area contributed by atoms with Gasteiger partial charge in [-0.05, 0) is 67.4 Å². The van der Waals surface area contributed by atoms with Crippen molar-refractivity contribution in [2.24, 2.45) is 0 Å². The molecule has 0 saturated heterocycles. The Labute approximate surface area is 207 Å². The van der Waals surface area contributed by atoms with Gasteiger partial charge in [-0.25, -0.2) is 0 Å². The highest BCUT2D eigenvalue weighted by Gasteiger charge is 2.20. The summed E-state index contributed by atoms with van der Waals surface area (Å²) in [5, 5.41) is 12.3. The lowest BCUT2D eigenvalue weighted by atomic mass is 9.86. The molecule has 0 amide bonds. The SMILES string of the molecule is CC(C)(C#N)c1ccc(-n2c(=O)ccc3cnc4ccc(-c5cnc6ccccc6c5)cc4c32)cc1. The van der Waals surface area contributed by atoms with Gasteiger partial charge in [0.05, 0.1) is 28.0 Å². The highest BCUT2D eigenvalue weighted by atomic mass is 16.1. The van der Waals surface area contributed by atoms with Crippen LogP contribution in [0.5, 0.6) is 0 Å². The van der Waals surface area contributed by atoms with Crippen molar-refractivity contribution in [1.29, 1.82) is 5.26 Å². The van der Waals surface area contributed by atoms with E-state index in [0.29, 0.717) is 0 Å². The Bertz CT molecular complexity index is 1890. The summed E-state index contributed by atoms with van der Waals surface area (Å²) < 4.78 is 1.73. The normalized spacial score (nSPS) is 11.7. The first kappa shape index (κ1) is 21.7. The summed E-state index contributed by atoms with van der Waals surface area (Å²) >= 11 is 0. The molecule has 6 aromatic rings. The van der Waals surface area contributed by atoms with Gasteiger partial charge in [0.2, 0.25) is 0 Å². The number of para-hydroxylation sites is 1. The lowest BCUT2D eigenvalue weighted by Gasteiger charge is -2.17. The molecule has 6 rings (SSSR count). The summed E-state index contributed by atoms with van der Waals surface area (Å²) in [6, 6.07) is 29.6. The third-order valence-corrected chi connectivity index (χ3v) is 6.77. The number of nitriles is 1. The number of hydrogen-bond acceptors (Lipinski definition) is 4. The van der Waals surface area contributed by atoms with E-state index in [9.17, 15) is 10.1 Å². The predicted octanol–water partition coefficient (Wildman–Crippen LogP) is 6.56. The number of benzene rings is 3. The molecule has 0 spiro atoms. The van der Waals surface area contributed by atoms with Crippen LogP contribution in [0.3, 0.4) is 0 Å². The van der Waals surface area contributed by atoms with E-state index in [4.69, 9.17) is 0 Å². The smallest absolute Gasteiger partial charge is 0.255 e. The lowest BCUT2D eigenvalue weighted by molar-refractivity contribution is 0.686. The molecule has 0 aliphatic rings. The zero-order valence-electron chi connectivity index (χ0n) is 19.9. The minimum absolute atomic E-state index is 0.125. The van der Waals surface area contributed by atoms with E-state index in [0.717, 1.165) is 55.1 Å². The van der Waals surface area contributed by atoms with Gasteiger partial charge >= 0.3 is 0 Å². The number of aromatic nitrogens is 3. The standard InChI is InChI=1S/C31H22N4O/c1-31(2,19-32)24-9-11-25(12-10-24)35-29(36)14-8-22-17-34-28-13-7-20(16-26(28)30(22)35)23-15-21-5-3-4-6-27(21)33-18-23/h3-18H,1-2H3. The number of fused-ring (bicyclic) bond motifs is 4. The highest BCUT2D eigenvalue weighted by Crippen LogP contribution is 2.31. The zero-order chi connectivity index (χ0) is 24.9. The average Bonchev–Trinajstić information content (AvgIpc) is 2.92. The van der Waals surface area contributed by atoms with Gasteiger partial charge in [0.15, 0.2) is 0 Å². The largest absolute Gasteiger partial charge is 0.276 e. The molecular weight excluding hydrogens is 444 g/mol. The minimum Gasteiger partial charge on any atom is -0.276 e. The molecule has 3 aromatic heterocycles. The van der Waals surface area contributed by atoms with E-state index in [2.05, 4.69) is 34.2 Å². The average molecular weight is 467 g/mol. The predicted molar refractivity (Wildman–Crippen MR) is 144 cm³/mol. The van der Waals surface area contributed by atoms with Crippen LogP contribution in [0, 0.1) is 11.3 Å². The molecule has 0 atom stereocenters. The Morgan fingerprint density at radius 2 is 1.56 bits per heavy atom. The fourth-order valence-electron chi connectivity index (χ4n) is 4.67. The van der Waals surface area contributed by atoms with Gasteiger partial charge in [-0.15, -0.1) is 0 Å². The van der Waals surface area contributed by atoms with Crippen molar-refractivity contribution in [3.05, 3.63) is 113 Å². The van der Waals surface area contributed by atoms with Crippen LogP contribution in [0.25, 0.3) is 49.5 Å². The fraction of sp³-hybridized carbons (Fsp3) is 0.0968. The molecule has 0 fully saturated rings. The fourth-order valence-corrected chi connectivity index (χ4v) is 4.67. The summed E-state index contributed by atoms with van der Waals surface area (Å²) in [5.74, 6) is 0. The third-order valence-electron chi connectivity index (χ3n) is 6.77. The molecule has 0 N–H and O–H groups in total. The molecule has 5 heteroatoms. The summed E-state index contributed by atoms with van der Waals surface area (Å²) in [7, 11) is 0. The zero-order valence-corrected chi connectivity index (χ0v) is 19.9. The minimum atomic E-state index is -0.609. The Morgan fingerprint density at radius 1 is 0.778 bits per heavy atom. The van der Waals surface area contributed by atoms with Crippen LogP contribution in [0.4, 0.5) is 0 Å². The van der Waals surface area contributed by atoms with E-state index in [1.54, 1.807) is 16.8 Å². The molecule has 0 saturated carbocycles. The van der Waals surface area contributed by atoms with Crippen LogP contribution in [-0.4, -0.2) is 14.5 Å². The van der Waals surface area contributed by atoms with E-state index >= 15 is 0 Å². The Hall–Kier alpha value is -4.82. The van der Waals surface area contributed by atoms with Crippen molar-refractivity contribution in [1.82, 2.24) is 14.5 Å². The third kappa shape index (κ3) is 3.52. The number of pyridine rings is 3. The van der Waals surface area contributed by atoms with Gasteiger partial charge in [0, 0.05) is 45.9 Å². The molecule has 0 bridgehead atoms. The first-order chi connectivity index (χ1) is 17.4. The van der Waals surface area contributed by atoms with Crippen LogP contribution in [0.15, 0.2) is 102 Å². The van der Waals surface area contributed by atoms with Gasteiger partial charge in [-0.3, -0.25) is 19.3 Å². The van der Waals surface area contributed by atoms with Crippen molar-refractivity contribution < 1.29 is 0 Å². The summed E-state index contributed by atoms with van der Waals surface area (Å²) in [4.78, 5) is 22.5. The number of nitrogens with zero attached hydrogens (tertiary/aromatic N) is 4. The second-order valence-electron chi connectivity index (χ2n) is 9.50. The Kier molecular flexibility index (Phi) is 4.91. The Balaban J connectivity index is 1.59. The first-order valence-electron chi connectivity index (χ1n) is 11.8. The van der Waals surface area contributed by atoms with E-state index in [-0.39, 0.29) is 5.56 Å². The van der Waals surface area contributed by atoms with Crippen molar-refractivity contribution in [3.8, 4) is 22.9 Å². The van der Waals surface area contributed by atoms with Crippen LogP contribution < -0.4 is 5.56 Å². The molecule has 3 heterocycles. The van der Waals surface area contributed by atoms with Crippen molar-refractivity contribution in [2.75, 3.05) is 0 Å². The van der Waals surface area contributed by atoms with Crippen molar-refractivity contribution in [2.45, 2.75) is 19.3 Å². The van der Waals surface area contributed by atoms with Crippen LogP contribution in [0.2, 0.25) is 0 Å². The van der Waals surface area contributed by atoms with Gasteiger partial charge in [-0.2, -0.15) is 5.26 Å². The maximum atomic E-state index is 13.2. The molecule has 172 valence electrons. The first-order valence-corrected chi connectivity index (χ1v) is 11.8. The monoisotopic (exact) mass is 466 g/mol. The van der Waals surface area contributed by atoms with Crippen molar-refractivity contribution >= 4 is 32.7 Å². The molecule has 0 aliphatic carbocycles. The van der Waals surface area contributed by atoms with Crippen LogP contribution in [0.1, 0.15) is 19.4 Å². The highest BCUT2D eigenvalue weighted by molar-refractivity contribution is 6.05. The van der Waals surface area contributed by atoms with Gasteiger partial charge < -0.3 is 0 Å². The molecule has 3 aromatic carbocycles. The number of rotatable bonds is 3. The van der Waals surface area contributed by atoms with Gasteiger partial charge in [-0.1, -0.05) is 36.4 Å². The van der Waals surface area contributed by atoms with Crippen LogP contribution in [-0.2, 0) is 5.41 Å². The van der Waals surface area contributed by atoms with Gasteiger partial charge in [0.25, 0.3) is 5.56 Å². The maximum Gasteiger partial charge on any atom is 0.255 e. The van der Waals surface area contributed by atoms with E-state index < -0.39 is 5.41 Å². The molecule has 0 radical (unpaired) electrons. The van der Waals surface area contributed by atoms with E-state index in [1.807, 2.05) is 80.7 Å². The molecular formula is C31H22N4O. The quantitative estimate of drug-likeness (QED) is 0.277. The second kappa shape index (κ2) is 8.14. The van der Waals surface area contributed by atoms with E-state index in [1.165, 1.54) is 0 Å². The topological polar surface area (TPSA) is 71.6 Å². The van der Waals surface area contributed by atoms with Gasteiger partial charge in [0.1, 0.15) is 0 Å². The molecule has 5 nitrogen and oxygen atoms in total. The van der Waals surface area contributed by atoms with Crippen LogP contribution >= 0.6 is 0 Å². The molecule has 0 aliphatic heterocycles. The molecule has 0 unspecified atom stereocenters. The summed E-state index contributed by atoms with van der Waals surface area (Å²) in [5.41, 5.74) is 5.47. The molecule has 36 heavy (non-hydrogen) atoms. The maximum absolute atomic E-state index is 13.2. The number of hydrogen-bond donors (Lipinski definition) is 0. The Morgan fingerprint density at radius 3 is 2.36 bits per heavy atom. The summed E-state index contributed by atoms with van der Waals surface area (Å²) in [6.45, 7) is 3.77. The second-order valence-corrected chi connectivity index (χ2v) is 9.50. The lowest BCUT2D eigenvalue weighted by Crippen LogP contribution is -2.18.